The molecule has 0 saturated carbocycles. The van der Waals surface area contributed by atoms with Crippen LogP contribution in [0.5, 0.6) is 0 Å². The lowest BCUT2D eigenvalue weighted by Gasteiger charge is -2.39. The molecule has 44 heavy (non-hydrogen) atoms. The van der Waals surface area contributed by atoms with Gasteiger partial charge in [0.2, 0.25) is 5.91 Å². The molecule has 0 spiro atoms. The molecule has 0 fully saturated rings. The van der Waals surface area contributed by atoms with Crippen molar-refractivity contribution in [1.29, 1.82) is 0 Å². The molecule has 5 N–H and O–H groups in total. The van der Waals surface area contributed by atoms with Gasteiger partial charge in [0.05, 0.1) is 18.2 Å². The van der Waals surface area contributed by atoms with Gasteiger partial charge in [-0.1, -0.05) is 96.8 Å². The topological polar surface area (TPSA) is 142 Å². The number of imide groups is 1. The summed E-state index contributed by atoms with van der Waals surface area (Å²) in [5.41, 5.74) is 6.02. The predicted molar refractivity (Wildman–Crippen MR) is 175 cm³/mol. The number of fused-ring (bicyclic) bond motifs is 1. The van der Waals surface area contributed by atoms with Gasteiger partial charge in [-0.15, -0.1) is 0 Å². The van der Waals surface area contributed by atoms with E-state index < -0.39 is 53.8 Å². The molecule has 0 saturated heterocycles. The molecule has 2 aromatic rings. The van der Waals surface area contributed by atoms with Crippen molar-refractivity contribution in [3.8, 4) is 0 Å². The number of amides is 3. The fraction of sp³-hybridized carbons (Fsp3) is 0.629. The molecule has 0 radical (unpaired) electrons. The number of carbonyl (C=O) groups excluding carboxylic acids is 3. The molecule has 3 amide bonds. The fourth-order valence-corrected chi connectivity index (χ4v) is 5.15. The number of hydrogen-bond donors (Lipinski definition) is 4. The fourth-order valence-electron chi connectivity index (χ4n) is 5.15. The number of carbonyl (C=O) groups is 3. The van der Waals surface area contributed by atoms with Crippen molar-refractivity contribution >= 4 is 28.7 Å². The summed E-state index contributed by atoms with van der Waals surface area (Å²) in [6, 6.07) is 10.4. The van der Waals surface area contributed by atoms with E-state index in [1.165, 1.54) is 0 Å². The second-order valence-corrected chi connectivity index (χ2v) is 13.6. The number of ether oxygens (including phenoxy) is 1. The van der Waals surface area contributed by atoms with Crippen molar-refractivity contribution in [3.05, 3.63) is 48.0 Å². The number of aliphatic hydroxyl groups excluding tert-OH is 2. The molecular weight excluding hydrogens is 558 g/mol. The molecule has 0 aromatic heterocycles. The largest absolute Gasteiger partial charge is 0.443 e. The minimum atomic E-state index is -1.49. The first kappa shape index (κ1) is 37.2. The maximum absolute atomic E-state index is 14.5. The summed E-state index contributed by atoms with van der Waals surface area (Å²) in [5, 5.41) is 27.6. The van der Waals surface area contributed by atoms with Gasteiger partial charge < -0.3 is 26.0 Å². The van der Waals surface area contributed by atoms with Crippen molar-refractivity contribution in [2.75, 3.05) is 0 Å². The van der Waals surface area contributed by atoms with E-state index in [1.807, 2.05) is 84.0 Å². The normalized spacial score (nSPS) is 16.8. The second kappa shape index (κ2) is 16.3. The number of nitrogens with two attached hydrogens (primary N) is 1. The van der Waals surface area contributed by atoms with Crippen LogP contribution in [-0.4, -0.2) is 69.0 Å². The Bertz CT molecular complexity index is 1240. The lowest BCUT2D eigenvalue weighted by atomic mass is 9.90. The van der Waals surface area contributed by atoms with Gasteiger partial charge >= 0.3 is 6.09 Å². The molecule has 246 valence electrons. The van der Waals surface area contributed by atoms with Gasteiger partial charge in [-0.2, -0.15) is 0 Å². The van der Waals surface area contributed by atoms with E-state index in [1.54, 1.807) is 20.8 Å². The predicted octanol–water partition coefficient (Wildman–Crippen LogP) is 5.19. The lowest BCUT2D eigenvalue weighted by molar-refractivity contribution is -0.143. The minimum Gasteiger partial charge on any atom is -0.443 e. The molecule has 2 rings (SSSR count). The third-order valence-corrected chi connectivity index (χ3v) is 8.26. The average Bonchev–Trinajstić information content (AvgIpc) is 2.96. The Labute approximate surface area is 263 Å². The molecule has 0 aliphatic carbocycles. The first-order chi connectivity index (χ1) is 20.5. The monoisotopic (exact) mass is 613 g/mol. The Balaban J connectivity index is 2.69. The third kappa shape index (κ3) is 10.3. The smallest absolute Gasteiger partial charge is 0.417 e. The van der Waals surface area contributed by atoms with Crippen molar-refractivity contribution in [1.82, 2.24) is 10.2 Å². The van der Waals surface area contributed by atoms with Gasteiger partial charge in [-0.05, 0) is 67.7 Å². The first-order valence-electron chi connectivity index (χ1n) is 16.0. The minimum absolute atomic E-state index is 0.0424. The zero-order valence-corrected chi connectivity index (χ0v) is 28.0. The van der Waals surface area contributed by atoms with E-state index in [0.717, 1.165) is 21.2 Å². The number of nitrogens with zero attached hydrogens (tertiary/aromatic N) is 1. The van der Waals surface area contributed by atoms with Crippen molar-refractivity contribution < 1.29 is 29.3 Å². The SMILES string of the molecule is CC[C@H](C)[C@H](N)C(=O)N[C@H](C(=O)N(C(=O)OC(C)(C)C)[C@@H](Cc1ccc2ccccc2c1)[C@@H](O)[C@@H](O)CC(C)C)[C@@H](C)CC. The van der Waals surface area contributed by atoms with Crippen LogP contribution in [0.1, 0.15) is 87.1 Å². The first-order valence-corrected chi connectivity index (χ1v) is 16.0. The summed E-state index contributed by atoms with van der Waals surface area (Å²) < 4.78 is 5.73. The third-order valence-electron chi connectivity index (χ3n) is 8.26. The van der Waals surface area contributed by atoms with Crippen molar-refractivity contribution in [2.24, 2.45) is 23.5 Å². The highest BCUT2D eigenvalue weighted by Crippen LogP contribution is 2.26. The molecule has 0 aliphatic heterocycles. The van der Waals surface area contributed by atoms with Crippen LogP contribution in [0.2, 0.25) is 0 Å². The summed E-state index contributed by atoms with van der Waals surface area (Å²) >= 11 is 0. The Hall–Kier alpha value is -3.01. The van der Waals surface area contributed by atoms with E-state index in [4.69, 9.17) is 10.5 Å². The Morgan fingerprint density at radius 2 is 1.52 bits per heavy atom. The van der Waals surface area contributed by atoms with Crippen LogP contribution < -0.4 is 11.1 Å². The number of nitrogens with one attached hydrogen (secondary N) is 1. The van der Waals surface area contributed by atoms with E-state index >= 15 is 0 Å². The molecule has 7 atom stereocenters. The van der Waals surface area contributed by atoms with Gasteiger partial charge in [0.15, 0.2) is 0 Å². The number of hydrogen-bond acceptors (Lipinski definition) is 7. The summed E-state index contributed by atoms with van der Waals surface area (Å²) in [4.78, 5) is 42.6. The highest BCUT2D eigenvalue weighted by atomic mass is 16.6. The molecule has 2 aromatic carbocycles. The van der Waals surface area contributed by atoms with Gasteiger partial charge in [0, 0.05) is 0 Å². The van der Waals surface area contributed by atoms with Crippen LogP contribution in [0.3, 0.4) is 0 Å². The summed E-state index contributed by atoms with van der Waals surface area (Å²) in [5.74, 6) is -1.67. The van der Waals surface area contributed by atoms with Crippen molar-refractivity contribution in [2.45, 2.75) is 124 Å². The summed E-state index contributed by atoms with van der Waals surface area (Å²) in [6.45, 7) is 16.4. The quantitative estimate of drug-likeness (QED) is 0.230. The Morgan fingerprint density at radius 3 is 2.07 bits per heavy atom. The summed E-state index contributed by atoms with van der Waals surface area (Å²) in [7, 11) is 0. The highest BCUT2D eigenvalue weighted by Gasteiger charge is 2.44. The maximum Gasteiger partial charge on any atom is 0.417 e. The van der Waals surface area contributed by atoms with Crippen LogP contribution in [0.4, 0.5) is 4.79 Å². The molecule has 0 heterocycles. The van der Waals surface area contributed by atoms with Crippen LogP contribution in [0.25, 0.3) is 10.8 Å². The van der Waals surface area contributed by atoms with Crippen molar-refractivity contribution in [3.63, 3.8) is 0 Å². The number of benzene rings is 2. The van der Waals surface area contributed by atoms with Crippen LogP contribution >= 0.6 is 0 Å². The maximum atomic E-state index is 14.5. The van der Waals surface area contributed by atoms with Gasteiger partial charge in [0.1, 0.15) is 17.7 Å². The Morgan fingerprint density at radius 1 is 0.932 bits per heavy atom. The van der Waals surface area contributed by atoms with E-state index in [2.05, 4.69) is 5.32 Å². The zero-order valence-electron chi connectivity index (χ0n) is 28.0. The molecule has 0 bridgehead atoms. The molecular formula is C35H55N3O6. The highest BCUT2D eigenvalue weighted by molar-refractivity contribution is 5.98. The van der Waals surface area contributed by atoms with Crippen LogP contribution in [0.15, 0.2) is 42.5 Å². The average molecular weight is 614 g/mol. The lowest BCUT2D eigenvalue weighted by Crippen LogP contribution is -2.62. The molecule has 0 unspecified atom stereocenters. The Kier molecular flexibility index (Phi) is 13.8. The molecule has 0 aliphatic rings. The molecule has 9 nitrogen and oxygen atoms in total. The molecule has 9 heteroatoms. The summed E-state index contributed by atoms with van der Waals surface area (Å²) in [6.07, 6.45) is -2.18. The van der Waals surface area contributed by atoms with Gasteiger partial charge in [-0.3, -0.25) is 9.59 Å². The van der Waals surface area contributed by atoms with Gasteiger partial charge in [0.25, 0.3) is 5.91 Å². The van der Waals surface area contributed by atoms with Crippen LogP contribution in [-0.2, 0) is 20.7 Å². The number of rotatable bonds is 14. The second-order valence-electron chi connectivity index (χ2n) is 13.6. The standard InChI is InChI=1S/C35H55N3O6/c1-10-22(5)29(36)32(41)37-30(23(6)11-2)33(42)38(34(43)44-35(7,8)9)27(31(40)28(39)18-21(3)4)20-24-16-17-25-14-12-13-15-26(25)19-24/h12-17,19,21-23,27-31,39-40H,10-11,18,20,36H2,1-9H3,(H,37,41)/t22-,23-,27-,28-,29-,30-,31+/m0/s1. The van der Waals surface area contributed by atoms with E-state index in [-0.39, 0.29) is 30.6 Å². The van der Waals surface area contributed by atoms with E-state index in [9.17, 15) is 24.6 Å². The van der Waals surface area contributed by atoms with Crippen LogP contribution in [0, 0.1) is 17.8 Å². The number of aliphatic hydroxyl groups is 2. The van der Waals surface area contributed by atoms with Gasteiger partial charge in [-0.25, -0.2) is 9.69 Å². The van der Waals surface area contributed by atoms with E-state index in [0.29, 0.717) is 12.8 Å². The zero-order chi connectivity index (χ0) is 33.4.